The zero-order chi connectivity index (χ0) is 22.3. The summed E-state index contributed by atoms with van der Waals surface area (Å²) in [6.45, 7) is 0.883. The van der Waals surface area contributed by atoms with Crippen LogP contribution in [-0.2, 0) is 10.3 Å². The highest BCUT2D eigenvalue weighted by atomic mass is 16.4. The molecule has 5 N–H and O–H groups in total. The lowest BCUT2D eigenvalue weighted by Crippen LogP contribution is -2.53. The average molecular weight is 412 g/mol. The molecule has 9 heteroatoms. The Bertz CT molecular complexity index is 1020. The molecule has 0 spiro atoms. The number of benzene rings is 1. The van der Waals surface area contributed by atoms with Gasteiger partial charge in [0.15, 0.2) is 5.96 Å². The van der Waals surface area contributed by atoms with Crippen molar-refractivity contribution < 1.29 is 24.0 Å². The maximum absolute atomic E-state index is 13.6. The van der Waals surface area contributed by atoms with Crippen molar-refractivity contribution >= 4 is 23.7 Å². The first-order valence-electron chi connectivity index (χ1n) is 9.49. The van der Waals surface area contributed by atoms with E-state index in [4.69, 9.17) is 11.5 Å². The number of guanidine groups is 1. The summed E-state index contributed by atoms with van der Waals surface area (Å²) in [5.41, 5.74) is 11.3. The van der Waals surface area contributed by atoms with E-state index in [0.29, 0.717) is 18.7 Å². The number of amides is 2. The second kappa shape index (κ2) is 7.42. The fourth-order valence-electron chi connectivity index (χ4n) is 3.79. The molecule has 1 aliphatic carbocycles. The first-order valence-corrected chi connectivity index (χ1v) is 9.49. The van der Waals surface area contributed by atoms with E-state index < -0.39 is 11.5 Å². The fraction of sp³-hybridized carbons (Fsp3) is 0.333. The second-order valence-electron chi connectivity index (χ2n) is 8.13. The van der Waals surface area contributed by atoms with E-state index in [1.165, 1.54) is 12.2 Å². The van der Waals surface area contributed by atoms with Gasteiger partial charge in [0.2, 0.25) is 0 Å². The lowest BCUT2D eigenvalue weighted by atomic mass is 9.78. The summed E-state index contributed by atoms with van der Waals surface area (Å²) in [6, 6.07) is 5.01. The molecule has 0 aromatic heterocycles. The van der Waals surface area contributed by atoms with E-state index in [2.05, 4.69) is 4.99 Å². The molecule has 3 rings (SSSR count). The Labute approximate surface area is 174 Å². The maximum atomic E-state index is 13.6. The zero-order valence-corrected chi connectivity index (χ0v) is 17.3. The number of carboxylic acid groups (broad SMARTS) is 1. The van der Waals surface area contributed by atoms with Gasteiger partial charge in [-0.25, -0.2) is 14.6 Å². The molecule has 1 aromatic rings. The summed E-state index contributed by atoms with van der Waals surface area (Å²) < 4.78 is 0.0411. The number of nitrogens with zero attached hydrogens (tertiary/aromatic N) is 3. The van der Waals surface area contributed by atoms with Crippen molar-refractivity contribution in [1.82, 2.24) is 4.90 Å². The van der Waals surface area contributed by atoms with Crippen molar-refractivity contribution in [1.29, 1.82) is 0 Å². The third kappa shape index (κ3) is 3.59. The van der Waals surface area contributed by atoms with Crippen molar-refractivity contribution in [3.8, 4) is 0 Å². The first-order chi connectivity index (χ1) is 14.0. The largest absolute Gasteiger partial charge is 0.478 e. The van der Waals surface area contributed by atoms with E-state index in [9.17, 15) is 19.5 Å². The van der Waals surface area contributed by atoms with Gasteiger partial charge in [0.25, 0.3) is 5.91 Å². The Balaban J connectivity index is 2.31. The Morgan fingerprint density at radius 1 is 1.27 bits per heavy atom. The Morgan fingerprint density at radius 3 is 2.53 bits per heavy atom. The number of aliphatic carboxylic acids is 1. The van der Waals surface area contributed by atoms with Crippen molar-refractivity contribution in [3.05, 3.63) is 58.7 Å². The monoisotopic (exact) mass is 412 g/mol. The molecule has 0 saturated carbocycles. The number of carboxylic acids is 1. The SMILES string of the molecule is CN1CC[N+](C)(C)C(=O)c2c(cccc2C2(N=C(N)N)C=CC(C(=O)O)=CC2)C1=O. The summed E-state index contributed by atoms with van der Waals surface area (Å²) in [4.78, 5) is 43.9. The molecule has 2 aliphatic rings. The van der Waals surface area contributed by atoms with Gasteiger partial charge in [0, 0.05) is 12.6 Å². The Morgan fingerprint density at radius 2 is 1.97 bits per heavy atom. The molecule has 0 radical (unpaired) electrons. The molecule has 30 heavy (non-hydrogen) atoms. The normalized spacial score (nSPS) is 23.2. The van der Waals surface area contributed by atoms with Crippen LogP contribution < -0.4 is 11.5 Å². The second-order valence-corrected chi connectivity index (χ2v) is 8.13. The number of nitrogens with two attached hydrogens (primary N) is 2. The summed E-state index contributed by atoms with van der Waals surface area (Å²) in [6.07, 6.45) is 4.63. The van der Waals surface area contributed by atoms with E-state index in [1.54, 1.807) is 50.3 Å². The van der Waals surface area contributed by atoms with Crippen LogP contribution in [0, 0.1) is 0 Å². The number of carbonyl (C=O) groups is 3. The van der Waals surface area contributed by atoms with Gasteiger partial charge in [-0.3, -0.25) is 9.28 Å². The number of likely N-dealkylation sites (N-methyl/N-ethyl adjacent to an activating group) is 2. The van der Waals surface area contributed by atoms with Crippen LogP contribution >= 0.6 is 0 Å². The highest BCUT2D eigenvalue weighted by Gasteiger charge is 2.42. The average Bonchev–Trinajstić information content (AvgIpc) is 2.69. The summed E-state index contributed by atoms with van der Waals surface area (Å²) >= 11 is 0. The number of quaternary nitrogens is 1. The van der Waals surface area contributed by atoms with Crippen LogP contribution in [0.2, 0.25) is 0 Å². The van der Waals surface area contributed by atoms with E-state index in [0.717, 1.165) is 0 Å². The molecule has 0 saturated heterocycles. The number of aliphatic imine (C=N–C) groups is 1. The highest BCUT2D eigenvalue weighted by molar-refractivity contribution is 6.06. The molecule has 0 fully saturated rings. The molecule has 0 bridgehead atoms. The van der Waals surface area contributed by atoms with Crippen molar-refractivity contribution in [2.24, 2.45) is 16.5 Å². The predicted octanol–water partition coefficient (Wildman–Crippen LogP) is 0.428. The molecular formula is C21H26N5O4+. The van der Waals surface area contributed by atoms with Gasteiger partial charge in [-0.2, -0.15) is 0 Å². The van der Waals surface area contributed by atoms with Crippen molar-refractivity contribution in [3.63, 3.8) is 0 Å². The molecule has 1 aromatic carbocycles. The minimum Gasteiger partial charge on any atom is -0.478 e. The van der Waals surface area contributed by atoms with Crippen molar-refractivity contribution in [2.45, 2.75) is 12.0 Å². The Hall–Kier alpha value is -3.46. The van der Waals surface area contributed by atoms with E-state index >= 15 is 0 Å². The molecule has 9 nitrogen and oxygen atoms in total. The number of carbonyl (C=O) groups excluding carboxylic acids is 2. The third-order valence-electron chi connectivity index (χ3n) is 5.61. The lowest BCUT2D eigenvalue weighted by molar-refractivity contribution is -0.807. The molecular weight excluding hydrogens is 386 g/mol. The smallest absolute Gasteiger partial charge is 0.346 e. The number of hydrogen-bond donors (Lipinski definition) is 3. The summed E-state index contributed by atoms with van der Waals surface area (Å²) in [5, 5.41) is 9.28. The van der Waals surface area contributed by atoms with Gasteiger partial charge in [-0.05, 0) is 18.6 Å². The van der Waals surface area contributed by atoms with Crippen LogP contribution in [0.15, 0.2) is 47.0 Å². The van der Waals surface area contributed by atoms with Gasteiger partial charge in [-0.15, -0.1) is 0 Å². The molecule has 1 aliphatic heterocycles. The van der Waals surface area contributed by atoms with E-state index in [-0.39, 0.29) is 45.4 Å². The van der Waals surface area contributed by atoms with Gasteiger partial charge in [0.05, 0.1) is 37.3 Å². The van der Waals surface area contributed by atoms with Gasteiger partial charge >= 0.3 is 11.9 Å². The predicted molar refractivity (Wildman–Crippen MR) is 112 cm³/mol. The number of rotatable bonds is 3. The summed E-state index contributed by atoms with van der Waals surface area (Å²) in [5.74, 6) is -1.77. The standard InChI is InChI=1S/C21H25N5O4/c1-25-11-12-26(2,3)18(28)16-14(17(25)27)5-4-6-15(16)21(24-20(22)23)9-7-13(8-10-21)19(29)30/h4-9H,10-12H2,1-3H3,(H4-,22,23,24,29,30)/p+1. The molecule has 1 atom stereocenters. The van der Waals surface area contributed by atoms with Crippen LogP contribution in [0.25, 0.3) is 0 Å². The molecule has 1 unspecified atom stereocenters. The molecule has 158 valence electrons. The highest BCUT2D eigenvalue weighted by Crippen LogP contribution is 2.40. The van der Waals surface area contributed by atoms with Crippen molar-refractivity contribution in [2.75, 3.05) is 34.2 Å². The maximum Gasteiger partial charge on any atom is 0.346 e. The van der Waals surface area contributed by atoms with Crippen LogP contribution in [0.4, 0.5) is 0 Å². The number of hydrogen-bond acceptors (Lipinski definition) is 4. The third-order valence-corrected chi connectivity index (χ3v) is 5.61. The zero-order valence-electron chi connectivity index (χ0n) is 17.3. The van der Waals surface area contributed by atoms with Gasteiger partial charge in [-0.1, -0.05) is 24.3 Å². The van der Waals surface area contributed by atoms with Crippen LogP contribution in [0.5, 0.6) is 0 Å². The topological polar surface area (TPSA) is 139 Å². The van der Waals surface area contributed by atoms with Crippen LogP contribution in [0.1, 0.15) is 32.7 Å². The fourth-order valence-corrected chi connectivity index (χ4v) is 3.79. The molecule has 1 heterocycles. The summed E-state index contributed by atoms with van der Waals surface area (Å²) in [7, 11) is 5.28. The number of fused-ring (bicyclic) bond motifs is 1. The first kappa shape index (κ1) is 21.3. The van der Waals surface area contributed by atoms with Crippen LogP contribution in [0.3, 0.4) is 0 Å². The van der Waals surface area contributed by atoms with Gasteiger partial charge in [0.1, 0.15) is 12.1 Å². The lowest BCUT2D eigenvalue weighted by Gasteiger charge is -2.36. The van der Waals surface area contributed by atoms with Crippen LogP contribution in [-0.4, -0.2) is 72.5 Å². The minimum atomic E-state index is -1.20. The Kier molecular flexibility index (Phi) is 5.25. The quantitative estimate of drug-likeness (QED) is 0.374. The molecule has 2 amide bonds. The van der Waals surface area contributed by atoms with E-state index in [1.807, 2.05) is 0 Å². The minimum absolute atomic E-state index is 0.0411. The van der Waals surface area contributed by atoms with Gasteiger partial charge < -0.3 is 21.5 Å².